The van der Waals surface area contributed by atoms with E-state index in [9.17, 15) is 9.59 Å². The highest BCUT2D eigenvalue weighted by Crippen LogP contribution is 2.30. The number of hydrogen-bond donors (Lipinski definition) is 1. The van der Waals surface area contributed by atoms with Gasteiger partial charge in [-0.3, -0.25) is 9.59 Å². The van der Waals surface area contributed by atoms with Crippen LogP contribution in [0.4, 0.5) is 11.5 Å². The van der Waals surface area contributed by atoms with Gasteiger partial charge in [0.1, 0.15) is 5.82 Å². The number of nitrogens with zero attached hydrogens (tertiary/aromatic N) is 3. The highest BCUT2D eigenvalue weighted by molar-refractivity contribution is 6.10. The Bertz CT molecular complexity index is 760. The molecular weight excluding hydrogens is 292 g/mol. The summed E-state index contributed by atoms with van der Waals surface area (Å²) in [4.78, 5) is 31.7. The van der Waals surface area contributed by atoms with Crippen molar-refractivity contribution in [2.45, 2.75) is 6.42 Å². The van der Waals surface area contributed by atoms with E-state index in [2.05, 4.69) is 4.98 Å². The molecule has 0 saturated carbocycles. The lowest BCUT2D eigenvalue weighted by Gasteiger charge is -2.22. The number of aromatic nitrogens is 1. The van der Waals surface area contributed by atoms with Crippen LogP contribution < -0.4 is 15.5 Å². The van der Waals surface area contributed by atoms with Gasteiger partial charge in [-0.2, -0.15) is 0 Å². The molecule has 6 heteroatoms. The number of likely N-dealkylation sites (N-methyl/N-ethyl adjacent to an activating group) is 1. The maximum atomic E-state index is 13.0. The maximum Gasteiger partial charge on any atom is 0.262 e. The van der Waals surface area contributed by atoms with Crippen LogP contribution >= 0.6 is 0 Å². The molecule has 0 aliphatic carbocycles. The van der Waals surface area contributed by atoms with Crippen LogP contribution in [0, 0.1) is 0 Å². The van der Waals surface area contributed by atoms with Crippen molar-refractivity contribution in [2.24, 2.45) is 5.73 Å². The fourth-order valence-corrected chi connectivity index (χ4v) is 2.87. The molecule has 6 nitrogen and oxygen atoms in total. The van der Waals surface area contributed by atoms with Crippen molar-refractivity contribution in [2.75, 3.05) is 29.9 Å². The highest BCUT2D eigenvalue weighted by atomic mass is 16.2. The van der Waals surface area contributed by atoms with Crippen molar-refractivity contribution in [3.8, 4) is 0 Å². The summed E-state index contributed by atoms with van der Waals surface area (Å²) in [6, 6.07) is 11.3. The van der Waals surface area contributed by atoms with Gasteiger partial charge in [-0.1, -0.05) is 18.2 Å². The lowest BCUT2D eigenvalue weighted by molar-refractivity contribution is -0.116. The van der Waals surface area contributed by atoms with E-state index in [1.54, 1.807) is 35.2 Å². The predicted molar refractivity (Wildman–Crippen MR) is 88.5 cm³/mol. The fourth-order valence-electron chi connectivity index (χ4n) is 2.87. The Kier molecular flexibility index (Phi) is 3.97. The highest BCUT2D eigenvalue weighted by Gasteiger charge is 2.27. The van der Waals surface area contributed by atoms with Gasteiger partial charge in [-0.15, -0.1) is 0 Å². The second-order valence-electron chi connectivity index (χ2n) is 5.53. The van der Waals surface area contributed by atoms with Crippen molar-refractivity contribution in [1.82, 2.24) is 4.98 Å². The molecule has 2 N–H and O–H groups in total. The monoisotopic (exact) mass is 310 g/mol. The number of benzene rings is 1. The molecule has 2 amide bonds. The molecule has 1 aliphatic heterocycles. The molecule has 23 heavy (non-hydrogen) atoms. The van der Waals surface area contributed by atoms with Crippen LogP contribution in [0.5, 0.6) is 0 Å². The number of fused-ring (bicyclic) bond motifs is 1. The van der Waals surface area contributed by atoms with Gasteiger partial charge in [-0.25, -0.2) is 4.98 Å². The van der Waals surface area contributed by atoms with E-state index in [0.717, 1.165) is 17.7 Å². The SMILES string of the molecule is CN(CC(N)=O)c1ncccc1C(=O)N1CCc2ccccc21. The van der Waals surface area contributed by atoms with Gasteiger partial charge < -0.3 is 15.5 Å². The van der Waals surface area contributed by atoms with Crippen molar-refractivity contribution in [3.63, 3.8) is 0 Å². The minimum atomic E-state index is -0.469. The van der Waals surface area contributed by atoms with Crippen LogP contribution in [0.2, 0.25) is 0 Å². The second-order valence-corrected chi connectivity index (χ2v) is 5.53. The number of hydrogen-bond acceptors (Lipinski definition) is 4. The molecule has 2 aromatic rings. The van der Waals surface area contributed by atoms with Crippen molar-refractivity contribution in [3.05, 3.63) is 53.7 Å². The Labute approximate surface area is 134 Å². The van der Waals surface area contributed by atoms with E-state index in [0.29, 0.717) is 17.9 Å². The molecule has 0 unspecified atom stereocenters. The number of carbonyl (C=O) groups excluding carboxylic acids is 2. The number of primary amides is 1. The van der Waals surface area contributed by atoms with E-state index in [-0.39, 0.29) is 12.5 Å². The molecule has 118 valence electrons. The summed E-state index contributed by atoms with van der Waals surface area (Å²) in [7, 11) is 1.70. The molecular formula is C17H18N4O2. The number of anilines is 2. The minimum Gasteiger partial charge on any atom is -0.368 e. The molecule has 1 aromatic heterocycles. The molecule has 1 aliphatic rings. The Balaban J connectivity index is 1.94. The van der Waals surface area contributed by atoms with Gasteiger partial charge in [-0.05, 0) is 30.2 Å². The zero-order valence-corrected chi connectivity index (χ0v) is 12.9. The van der Waals surface area contributed by atoms with E-state index in [4.69, 9.17) is 5.73 Å². The van der Waals surface area contributed by atoms with E-state index < -0.39 is 5.91 Å². The first-order chi connectivity index (χ1) is 11.1. The molecule has 3 rings (SSSR count). The van der Waals surface area contributed by atoms with Crippen molar-refractivity contribution >= 4 is 23.3 Å². The van der Waals surface area contributed by atoms with E-state index in [1.165, 1.54) is 0 Å². The molecule has 0 saturated heterocycles. The van der Waals surface area contributed by atoms with Crippen LogP contribution in [-0.2, 0) is 11.2 Å². The molecule has 0 atom stereocenters. The van der Waals surface area contributed by atoms with E-state index >= 15 is 0 Å². The first kappa shape index (κ1) is 15.0. The smallest absolute Gasteiger partial charge is 0.262 e. The van der Waals surface area contributed by atoms with Gasteiger partial charge in [0.2, 0.25) is 5.91 Å². The number of rotatable bonds is 4. The summed E-state index contributed by atoms with van der Waals surface area (Å²) in [6.07, 6.45) is 2.44. The largest absolute Gasteiger partial charge is 0.368 e. The fraction of sp³-hybridized carbons (Fsp3) is 0.235. The Morgan fingerprint density at radius 2 is 2.04 bits per heavy atom. The Morgan fingerprint density at radius 1 is 1.26 bits per heavy atom. The van der Waals surface area contributed by atoms with Gasteiger partial charge in [0.15, 0.2) is 0 Å². The zero-order valence-electron chi connectivity index (χ0n) is 12.9. The molecule has 2 heterocycles. The van der Waals surface area contributed by atoms with Gasteiger partial charge in [0.05, 0.1) is 12.1 Å². The first-order valence-corrected chi connectivity index (χ1v) is 7.42. The average Bonchev–Trinajstić information content (AvgIpc) is 2.97. The van der Waals surface area contributed by atoms with Crippen LogP contribution in [0.25, 0.3) is 0 Å². The molecule has 0 spiro atoms. The molecule has 0 radical (unpaired) electrons. The van der Waals surface area contributed by atoms with E-state index in [1.807, 2.05) is 24.3 Å². The molecule has 1 aromatic carbocycles. The number of amides is 2. The number of para-hydroxylation sites is 1. The van der Waals surface area contributed by atoms with Crippen molar-refractivity contribution in [1.29, 1.82) is 0 Å². The maximum absolute atomic E-state index is 13.0. The molecule has 0 bridgehead atoms. The topological polar surface area (TPSA) is 79.5 Å². The normalized spacial score (nSPS) is 12.8. The third kappa shape index (κ3) is 2.88. The van der Waals surface area contributed by atoms with Crippen LogP contribution in [0.15, 0.2) is 42.6 Å². The summed E-state index contributed by atoms with van der Waals surface area (Å²) in [5.41, 5.74) is 7.80. The zero-order chi connectivity index (χ0) is 16.4. The number of nitrogens with two attached hydrogens (primary N) is 1. The summed E-state index contributed by atoms with van der Waals surface area (Å²) < 4.78 is 0. The quantitative estimate of drug-likeness (QED) is 0.920. The second kappa shape index (κ2) is 6.08. The standard InChI is InChI=1S/C17H18N4O2/c1-20(11-15(18)22)16-13(6-4-9-19-16)17(23)21-10-8-12-5-2-3-7-14(12)21/h2-7,9H,8,10-11H2,1H3,(H2,18,22). The Morgan fingerprint density at radius 3 is 2.83 bits per heavy atom. The summed E-state index contributed by atoms with van der Waals surface area (Å²) in [5, 5.41) is 0. The summed E-state index contributed by atoms with van der Waals surface area (Å²) in [6.45, 7) is 0.653. The van der Waals surface area contributed by atoms with Crippen LogP contribution in [-0.4, -0.2) is 36.9 Å². The van der Waals surface area contributed by atoms with Gasteiger partial charge in [0, 0.05) is 25.5 Å². The lowest BCUT2D eigenvalue weighted by Crippen LogP contribution is -2.34. The summed E-state index contributed by atoms with van der Waals surface area (Å²) >= 11 is 0. The molecule has 0 fully saturated rings. The number of pyridine rings is 1. The Hall–Kier alpha value is -2.89. The average molecular weight is 310 g/mol. The first-order valence-electron chi connectivity index (χ1n) is 7.42. The predicted octanol–water partition coefficient (Wildman–Crippen LogP) is 1.21. The van der Waals surface area contributed by atoms with Crippen LogP contribution in [0.1, 0.15) is 15.9 Å². The van der Waals surface area contributed by atoms with Gasteiger partial charge >= 0.3 is 0 Å². The van der Waals surface area contributed by atoms with Crippen molar-refractivity contribution < 1.29 is 9.59 Å². The lowest BCUT2D eigenvalue weighted by atomic mass is 10.1. The number of carbonyl (C=O) groups is 2. The van der Waals surface area contributed by atoms with Crippen LogP contribution in [0.3, 0.4) is 0 Å². The summed E-state index contributed by atoms with van der Waals surface area (Å²) in [5.74, 6) is -0.127. The third-order valence-electron chi connectivity index (χ3n) is 3.90. The third-order valence-corrected chi connectivity index (χ3v) is 3.90. The minimum absolute atomic E-state index is 0.00782. The van der Waals surface area contributed by atoms with Gasteiger partial charge in [0.25, 0.3) is 5.91 Å².